The third kappa shape index (κ3) is 3.65. The molecule has 1 aliphatic rings. The summed E-state index contributed by atoms with van der Waals surface area (Å²) in [6.45, 7) is 7.46. The molecule has 0 radical (unpaired) electrons. The van der Waals surface area contributed by atoms with E-state index in [1.807, 2.05) is 6.92 Å². The Hall–Kier alpha value is -0.0800. The van der Waals surface area contributed by atoms with Crippen LogP contribution in [0.4, 0.5) is 0 Å². The number of hydroxylamine groups is 1. The molecule has 0 heterocycles. The number of nitrogens with one attached hydrogen (secondary N) is 1. The number of rotatable bonds is 4. The maximum absolute atomic E-state index is 5.22. The maximum atomic E-state index is 5.22. The third-order valence-corrected chi connectivity index (χ3v) is 3.11. The van der Waals surface area contributed by atoms with Gasteiger partial charge < -0.3 is 4.84 Å². The third-order valence-electron chi connectivity index (χ3n) is 3.11. The van der Waals surface area contributed by atoms with Gasteiger partial charge in [0.05, 0.1) is 6.61 Å². The fourth-order valence-electron chi connectivity index (χ4n) is 2.10. The molecule has 2 nitrogen and oxygen atoms in total. The van der Waals surface area contributed by atoms with Gasteiger partial charge in [0.2, 0.25) is 0 Å². The van der Waals surface area contributed by atoms with Gasteiger partial charge >= 0.3 is 0 Å². The molecule has 0 atom stereocenters. The molecule has 0 unspecified atom stereocenters. The van der Waals surface area contributed by atoms with Crippen LogP contribution < -0.4 is 5.48 Å². The second-order valence-electron chi connectivity index (χ2n) is 4.41. The Bertz CT molecular complexity index is 128. The molecule has 0 aromatic rings. The summed E-state index contributed by atoms with van der Waals surface area (Å²) in [6, 6.07) is 0.606. The highest BCUT2D eigenvalue weighted by Gasteiger charge is 2.22. The van der Waals surface area contributed by atoms with E-state index in [4.69, 9.17) is 4.84 Å². The average Bonchev–Trinajstić information content (AvgIpc) is 2.15. The van der Waals surface area contributed by atoms with Gasteiger partial charge in [-0.3, -0.25) is 0 Å². The molecule has 0 amide bonds. The van der Waals surface area contributed by atoms with Crippen molar-refractivity contribution in [3.05, 3.63) is 0 Å². The van der Waals surface area contributed by atoms with E-state index in [1.54, 1.807) is 0 Å². The van der Waals surface area contributed by atoms with Gasteiger partial charge in [0.15, 0.2) is 0 Å². The first-order chi connectivity index (χ1) is 6.24. The second kappa shape index (κ2) is 5.61. The summed E-state index contributed by atoms with van der Waals surface area (Å²) in [4.78, 5) is 5.22. The van der Waals surface area contributed by atoms with Crippen LogP contribution in [-0.2, 0) is 4.84 Å². The molecular weight excluding hydrogens is 162 g/mol. The molecule has 1 N–H and O–H groups in total. The SMILES string of the molecule is CCONC1CCC(C(C)C)CC1. The molecule has 2 heteroatoms. The Kier molecular flexibility index (Phi) is 4.74. The van der Waals surface area contributed by atoms with Crippen molar-refractivity contribution in [1.29, 1.82) is 0 Å². The highest BCUT2D eigenvalue weighted by atomic mass is 16.6. The van der Waals surface area contributed by atoms with Gasteiger partial charge in [0, 0.05) is 6.04 Å². The van der Waals surface area contributed by atoms with E-state index in [1.165, 1.54) is 25.7 Å². The second-order valence-corrected chi connectivity index (χ2v) is 4.41. The zero-order valence-corrected chi connectivity index (χ0v) is 9.18. The van der Waals surface area contributed by atoms with Crippen LogP contribution in [-0.4, -0.2) is 12.6 Å². The van der Waals surface area contributed by atoms with E-state index >= 15 is 0 Å². The summed E-state index contributed by atoms with van der Waals surface area (Å²) < 4.78 is 0. The van der Waals surface area contributed by atoms with Crippen molar-refractivity contribution in [1.82, 2.24) is 5.48 Å². The van der Waals surface area contributed by atoms with Gasteiger partial charge in [0.1, 0.15) is 0 Å². The van der Waals surface area contributed by atoms with Crippen LogP contribution in [0, 0.1) is 11.8 Å². The maximum Gasteiger partial charge on any atom is 0.0654 e. The number of hydrogen-bond donors (Lipinski definition) is 1. The van der Waals surface area contributed by atoms with Crippen LogP contribution in [0.15, 0.2) is 0 Å². The molecule has 0 saturated heterocycles. The average molecular weight is 185 g/mol. The Morgan fingerprint density at radius 1 is 1.23 bits per heavy atom. The van der Waals surface area contributed by atoms with Crippen molar-refractivity contribution in [3.8, 4) is 0 Å². The molecule has 0 aliphatic heterocycles. The van der Waals surface area contributed by atoms with Crippen LogP contribution >= 0.6 is 0 Å². The molecule has 1 saturated carbocycles. The highest BCUT2D eigenvalue weighted by Crippen LogP contribution is 2.29. The predicted molar refractivity (Wildman–Crippen MR) is 55.3 cm³/mol. The summed E-state index contributed by atoms with van der Waals surface area (Å²) in [6.07, 6.45) is 5.29. The standard InChI is InChI=1S/C11H23NO/c1-4-13-12-11-7-5-10(6-8-11)9(2)3/h9-12H,4-8H2,1-3H3. The molecule has 1 fully saturated rings. The number of hydrogen-bond acceptors (Lipinski definition) is 2. The minimum absolute atomic E-state index is 0.606. The fourth-order valence-corrected chi connectivity index (χ4v) is 2.10. The molecule has 13 heavy (non-hydrogen) atoms. The first kappa shape index (κ1) is 11.0. The molecule has 0 aromatic carbocycles. The first-order valence-corrected chi connectivity index (χ1v) is 5.61. The monoisotopic (exact) mass is 185 g/mol. The quantitative estimate of drug-likeness (QED) is 0.680. The minimum atomic E-state index is 0.606. The van der Waals surface area contributed by atoms with Gasteiger partial charge in [-0.25, -0.2) is 0 Å². The van der Waals surface area contributed by atoms with Crippen molar-refractivity contribution in [2.75, 3.05) is 6.61 Å². The Labute approximate surface area is 82.0 Å². The Morgan fingerprint density at radius 2 is 1.85 bits per heavy atom. The van der Waals surface area contributed by atoms with Crippen LogP contribution in [0.2, 0.25) is 0 Å². The zero-order chi connectivity index (χ0) is 9.68. The van der Waals surface area contributed by atoms with E-state index in [9.17, 15) is 0 Å². The lowest BCUT2D eigenvalue weighted by molar-refractivity contribution is 0.00902. The minimum Gasteiger partial charge on any atom is -0.302 e. The molecule has 0 aromatic heterocycles. The van der Waals surface area contributed by atoms with Gasteiger partial charge in [0.25, 0.3) is 0 Å². The summed E-state index contributed by atoms with van der Waals surface area (Å²) in [5, 5.41) is 0. The van der Waals surface area contributed by atoms with E-state index in [2.05, 4.69) is 19.3 Å². The molecule has 78 valence electrons. The topological polar surface area (TPSA) is 21.3 Å². The van der Waals surface area contributed by atoms with Crippen molar-refractivity contribution in [3.63, 3.8) is 0 Å². The van der Waals surface area contributed by atoms with E-state index < -0.39 is 0 Å². The Balaban J connectivity index is 2.15. The van der Waals surface area contributed by atoms with Crippen LogP contribution in [0.5, 0.6) is 0 Å². The van der Waals surface area contributed by atoms with Gasteiger partial charge in [-0.05, 0) is 44.4 Å². The van der Waals surface area contributed by atoms with Crippen molar-refractivity contribution in [2.45, 2.75) is 52.5 Å². The molecule has 0 spiro atoms. The normalized spacial score (nSPS) is 29.5. The van der Waals surface area contributed by atoms with E-state index in [-0.39, 0.29) is 0 Å². The van der Waals surface area contributed by atoms with Crippen LogP contribution in [0.25, 0.3) is 0 Å². The van der Waals surface area contributed by atoms with Crippen molar-refractivity contribution in [2.24, 2.45) is 11.8 Å². The molecule has 1 rings (SSSR count). The van der Waals surface area contributed by atoms with Gasteiger partial charge in [-0.15, -0.1) is 0 Å². The smallest absolute Gasteiger partial charge is 0.0654 e. The fraction of sp³-hybridized carbons (Fsp3) is 1.00. The molecule has 0 bridgehead atoms. The van der Waals surface area contributed by atoms with Gasteiger partial charge in [-0.2, -0.15) is 5.48 Å². The summed E-state index contributed by atoms with van der Waals surface area (Å²) >= 11 is 0. The highest BCUT2D eigenvalue weighted by molar-refractivity contribution is 4.76. The largest absolute Gasteiger partial charge is 0.302 e. The van der Waals surface area contributed by atoms with Crippen molar-refractivity contribution < 1.29 is 4.84 Å². The van der Waals surface area contributed by atoms with E-state index in [0.717, 1.165) is 18.4 Å². The summed E-state index contributed by atoms with van der Waals surface area (Å²) in [5.41, 5.74) is 3.13. The van der Waals surface area contributed by atoms with Crippen LogP contribution in [0.1, 0.15) is 46.5 Å². The predicted octanol–water partition coefficient (Wildman–Crippen LogP) is 2.74. The summed E-state index contributed by atoms with van der Waals surface area (Å²) in [7, 11) is 0. The Morgan fingerprint density at radius 3 is 2.31 bits per heavy atom. The molecule has 1 aliphatic carbocycles. The first-order valence-electron chi connectivity index (χ1n) is 5.61. The van der Waals surface area contributed by atoms with E-state index in [0.29, 0.717) is 6.04 Å². The van der Waals surface area contributed by atoms with Crippen molar-refractivity contribution >= 4 is 0 Å². The molecular formula is C11H23NO. The lowest BCUT2D eigenvalue weighted by Crippen LogP contribution is -2.34. The van der Waals surface area contributed by atoms with Crippen LogP contribution in [0.3, 0.4) is 0 Å². The lowest BCUT2D eigenvalue weighted by Gasteiger charge is -2.30. The zero-order valence-electron chi connectivity index (χ0n) is 9.18. The summed E-state index contributed by atoms with van der Waals surface area (Å²) in [5.74, 6) is 1.80. The lowest BCUT2D eigenvalue weighted by atomic mass is 9.80. The van der Waals surface area contributed by atoms with Gasteiger partial charge in [-0.1, -0.05) is 13.8 Å².